The predicted molar refractivity (Wildman–Crippen MR) is 127 cm³/mol. The number of aromatic nitrogens is 2. The number of halogens is 1. The fourth-order valence-corrected chi connectivity index (χ4v) is 4.03. The van der Waals surface area contributed by atoms with Crippen molar-refractivity contribution in [3.8, 4) is 5.75 Å². The second-order valence-electron chi connectivity index (χ2n) is 8.32. The first-order chi connectivity index (χ1) is 15.5. The van der Waals surface area contributed by atoms with Crippen LogP contribution in [0.15, 0.2) is 53.5 Å². The van der Waals surface area contributed by atoms with Crippen molar-refractivity contribution in [2.24, 2.45) is 5.92 Å². The van der Waals surface area contributed by atoms with Crippen LogP contribution in [0.4, 0.5) is 11.5 Å². The Morgan fingerprint density at radius 1 is 1.19 bits per heavy atom. The number of ether oxygens (including phenoxy) is 2. The van der Waals surface area contributed by atoms with Crippen molar-refractivity contribution in [3.63, 3.8) is 0 Å². The lowest BCUT2D eigenvalue weighted by Gasteiger charge is -2.20. The van der Waals surface area contributed by atoms with Crippen molar-refractivity contribution >= 4 is 23.1 Å². The van der Waals surface area contributed by atoms with E-state index in [0.717, 1.165) is 41.0 Å². The fraction of sp³-hybridized carbons (Fsp3) is 0.360. The molecule has 6 nitrogen and oxygen atoms in total. The van der Waals surface area contributed by atoms with Gasteiger partial charge in [0.25, 0.3) is 5.56 Å². The van der Waals surface area contributed by atoms with E-state index in [1.807, 2.05) is 56.3 Å². The highest BCUT2D eigenvalue weighted by Gasteiger charge is 2.33. The van der Waals surface area contributed by atoms with E-state index in [1.54, 1.807) is 17.9 Å². The predicted octanol–water partition coefficient (Wildman–Crippen LogP) is 5.43. The average Bonchev–Trinajstić information content (AvgIpc) is 3.62. The average molecular weight is 454 g/mol. The summed E-state index contributed by atoms with van der Waals surface area (Å²) in [6.45, 7) is 4.92. The van der Waals surface area contributed by atoms with E-state index in [4.69, 9.17) is 21.1 Å². The van der Waals surface area contributed by atoms with Crippen LogP contribution in [0.1, 0.15) is 35.6 Å². The van der Waals surface area contributed by atoms with Gasteiger partial charge in [0.1, 0.15) is 17.5 Å². The van der Waals surface area contributed by atoms with Crippen LogP contribution in [0.5, 0.6) is 5.75 Å². The van der Waals surface area contributed by atoms with Crippen molar-refractivity contribution in [2.75, 3.05) is 19.0 Å². The molecule has 1 fully saturated rings. The van der Waals surface area contributed by atoms with Crippen molar-refractivity contribution in [1.29, 1.82) is 0 Å². The molecule has 0 radical (unpaired) electrons. The van der Waals surface area contributed by atoms with E-state index in [1.165, 1.54) is 0 Å². The Kier molecular flexibility index (Phi) is 6.82. The second-order valence-corrected chi connectivity index (χ2v) is 8.70. The van der Waals surface area contributed by atoms with Crippen LogP contribution in [0, 0.1) is 19.8 Å². The maximum Gasteiger partial charge on any atom is 0.294 e. The summed E-state index contributed by atoms with van der Waals surface area (Å²) in [6, 6.07) is 13.9. The Morgan fingerprint density at radius 2 is 1.94 bits per heavy atom. The number of anilines is 2. The van der Waals surface area contributed by atoms with E-state index in [2.05, 4.69) is 10.3 Å². The molecule has 0 bridgehead atoms. The number of hydrogen-bond acceptors (Lipinski definition) is 5. The van der Waals surface area contributed by atoms with E-state index >= 15 is 0 Å². The summed E-state index contributed by atoms with van der Waals surface area (Å²) in [7, 11) is 1.65. The third kappa shape index (κ3) is 5.14. The van der Waals surface area contributed by atoms with Gasteiger partial charge in [-0.2, -0.15) is 0 Å². The van der Waals surface area contributed by atoms with E-state index < -0.39 is 0 Å². The molecule has 0 spiro atoms. The fourth-order valence-electron chi connectivity index (χ4n) is 3.84. The van der Waals surface area contributed by atoms with E-state index in [0.29, 0.717) is 19.1 Å². The lowest BCUT2D eigenvalue weighted by Crippen LogP contribution is -2.30. The summed E-state index contributed by atoms with van der Waals surface area (Å²) in [5, 5.41) is 3.46. The van der Waals surface area contributed by atoms with Gasteiger partial charge in [-0.05, 0) is 61.4 Å². The zero-order valence-corrected chi connectivity index (χ0v) is 19.4. The van der Waals surface area contributed by atoms with Gasteiger partial charge in [0.2, 0.25) is 0 Å². The molecule has 168 valence electrons. The quantitative estimate of drug-likeness (QED) is 0.467. The Labute approximate surface area is 193 Å². The third-order valence-corrected chi connectivity index (χ3v) is 5.96. The number of aryl methyl sites for hydroxylation is 2. The molecule has 1 aliphatic carbocycles. The zero-order valence-electron chi connectivity index (χ0n) is 18.6. The molecule has 1 atom stereocenters. The third-order valence-electron chi connectivity index (χ3n) is 5.77. The molecule has 0 saturated heterocycles. The first-order valence-corrected chi connectivity index (χ1v) is 11.2. The van der Waals surface area contributed by atoms with Gasteiger partial charge in [0.05, 0.1) is 12.6 Å². The Morgan fingerprint density at radius 3 is 2.62 bits per heavy atom. The normalized spacial score (nSPS) is 14.2. The standard InChI is InChI=1S/C25H28ClN3O3/c1-16-12-22(32-14-18-7-5-4-6-8-18)17(2)11-20(16)27-24-25(30)29(13-23(26)28-24)21(15-31-3)19-9-10-19/h4-8,11-13,19,21H,9-10,14-15H2,1-3H3,(H,27,28)/t21-/m0/s1. The zero-order chi connectivity index (χ0) is 22.7. The molecule has 7 heteroatoms. The molecule has 2 aromatic carbocycles. The topological polar surface area (TPSA) is 65.4 Å². The summed E-state index contributed by atoms with van der Waals surface area (Å²) < 4.78 is 13.0. The summed E-state index contributed by atoms with van der Waals surface area (Å²) in [6.07, 6.45) is 3.79. The molecule has 3 aromatic rings. The number of methoxy groups -OCH3 is 1. The van der Waals surface area contributed by atoms with Crippen molar-refractivity contribution < 1.29 is 9.47 Å². The van der Waals surface area contributed by atoms with Crippen LogP contribution in [0.25, 0.3) is 0 Å². The maximum atomic E-state index is 13.2. The first-order valence-electron chi connectivity index (χ1n) is 10.8. The smallest absolute Gasteiger partial charge is 0.294 e. The molecule has 0 amide bonds. The second kappa shape index (κ2) is 9.76. The molecule has 1 saturated carbocycles. The van der Waals surface area contributed by atoms with Crippen LogP contribution in [-0.4, -0.2) is 23.3 Å². The summed E-state index contributed by atoms with van der Waals surface area (Å²) in [5.41, 5.74) is 3.61. The van der Waals surface area contributed by atoms with Crippen LogP contribution < -0.4 is 15.6 Å². The molecular weight excluding hydrogens is 426 g/mol. The van der Waals surface area contributed by atoms with Crippen molar-refractivity contribution in [3.05, 3.63) is 80.9 Å². The number of nitrogens with one attached hydrogen (secondary N) is 1. The number of rotatable bonds is 9. The van der Waals surface area contributed by atoms with Gasteiger partial charge in [-0.3, -0.25) is 4.79 Å². The SMILES string of the molecule is COC[C@@H](C1CC1)n1cc(Cl)nc(Nc2cc(C)c(OCc3ccccc3)cc2C)c1=O. The molecule has 0 unspecified atom stereocenters. The summed E-state index contributed by atoms with van der Waals surface area (Å²) in [5.74, 6) is 1.45. The van der Waals surface area contributed by atoms with Gasteiger partial charge in [0, 0.05) is 19.0 Å². The van der Waals surface area contributed by atoms with Crippen LogP contribution >= 0.6 is 11.6 Å². The van der Waals surface area contributed by atoms with Crippen LogP contribution in [0.3, 0.4) is 0 Å². The summed E-state index contributed by atoms with van der Waals surface area (Å²) >= 11 is 6.28. The monoisotopic (exact) mass is 453 g/mol. The molecule has 0 aliphatic heterocycles. The molecule has 1 aliphatic rings. The van der Waals surface area contributed by atoms with Gasteiger partial charge in [0.15, 0.2) is 5.82 Å². The minimum atomic E-state index is -0.204. The van der Waals surface area contributed by atoms with Crippen molar-refractivity contribution in [1.82, 2.24) is 9.55 Å². The molecule has 1 aromatic heterocycles. The minimum absolute atomic E-state index is 0.0369. The van der Waals surface area contributed by atoms with Gasteiger partial charge in [-0.1, -0.05) is 41.9 Å². The van der Waals surface area contributed by atoms with Crippen LogP contribution in [-0.2, 0) is 11.3 Å². The first kappa shape index (κ1) is 22.4. The molecular formula is C25H28ClN3O3. The van der Waals surface area contributed by atoms with Gasteiger partial charge in [-0.15, -0.1) is 0 Å². The van der Waals surface area contributed by atoms with E-state index in [9.17, 15) is 4.79 Å². The Bertz CT molecular complexity index is 1140. The van der Waals surface area contributed by atoms with Gasteiger partial charge < -0.3 is 19.4 Å². The lowest BCUT2D eigenvalue weighted by molar-refractivity contribution is 0.143. The lowest BCUT2D eigenvalue weighted by atomic mass is 10.1. The molecule has 1 N–H and O–H groups in total. The number of hydrogen-bond donors (Lipinski definition) is 1. The number of nitrogens with zero attached hydrogens (tertiary/aromatic N) is 2. The highest BCUT2D eigenvalue weighted by Crippen LogP contribution is 2.39. The van der Waals surface area contributed by atoms with Gasteiger partial charge >= 0.3 is 0 Å². The largest absolute Gasteiger partial charge is 0.489 e. The minimum Gasteiger partial charge on any atom is -0.489 e. The Balaban J connectivity index is 1.57. The molecule has 32 heavy (non-hydrogen) atoms. The van der Waals surface area contributed by atoms with E-state index in [-0.39, 0.29) is 22.6 Å². The van der Waals surface area contributed by atoms with Crippen molar-refractivity contribution in [2.45, 2.75) is 39.3 Å². The molecule has 1 heterocycles. The highest BCUT2D eigenvalue weighted by molar-refractivity contribution is 6.29. The summed E-state index contributed by atoms with van der Waals surface area (Å²) in [4.78, 5) is 17.5. The maximum absolute atomic E-state index is 13.2. The highest BCUT2D eigenvalue weighted by atomic mass is 35.5. The van der Waals surface area contributed by atoms with Gasteiger partial charge in [-0.25, -0.2) is 4.98 Å². The van der Waals surface area contributed by atoms with Crippen LogP contribution in [0.2, 0.25) is 5.15 Å². The number of benzene rings is 2. The Hall–Kier alpha value is -2.83. The molecule has 4 rings (SSSR count).